The van der Waals surface area contributed by atoms with Crippen LogP contribution in [0.5, 0.6) is 0 Å². The van der Waals surface area contributed by atoms with Gasteiger partial charge in [0.25, 0.3) is 0 Å². The van der Waals surface area contributed by atoms with E-state index < -0.39 is 5.92 Å². The molecule has 0 N–H and O–H groups in total. The molecule has 0 aliphatic carbocycles. The van der Waals surface area contributed by atoms with Gasteiger partial charge in [0.15, 0.2) is 17.7 Å². The second kappa shape index (κ2) is 7.66. The molecule has 0 fully saturated rings. The molecule has 2 aromatic carbocycles. The van der Waals surface area contributed by atoms with Gasteiger partial charge < -0.3 is 4.74 Å². The second-order valence-corrected chi connectivity index (χ2v) is 4.95. The van der Waals surface area contributed by atoms with Gasteiger partial charge in [-0.1, -0.05) is 67.6 Å². The first-order chi connectivity index (χ1) is 10.7. The SMILES string of the molecule is CCC([C](OC)C(=O)c1ccccc1)C(=O)c1ccccc1. The molecule has 0 bridgehead atoms. The number of carbonyl (C=O) groups excluding carboxylic acids is 2. The molecule has 22 heavy (non-hydrogen) atoms. The molecule has 0 amide bonds. The maximum atomic E-state index is 12.7. The highest BCUT2D eigenvalue weighted by Gasteiger charge is 2.34. The van der Waals surface area contributed by atoms with Crippen molar-refractivity contribution in [1.82, 2.24) is 0 Å². The molecule has 2 rings (SSSR count). The van der Waals surface area contributed by atoms with Crippen LogP contribution in [0, 0.1) is 12.0 Å². The molecule has 1 atom stereocenters. The first-order valence-corrected chi connectivity index (χ1v) is 7.28. The van der Waals surface area contributed by atoms with Crippen molar-refractivity contribution in [2.45, 2.75) is 13.3 Å². The topological polar surface area (TPSA) is 43.4 Å². The van der Waals surface area contributed by atoms with Crippen molar-refractivity contribution in [2.75, 3.05) is 7.11 Å². The zero-order valence-corrected chi connectivity index (χ0v) is 12.8. The molecular formula is C19H19O3. The summed E-state index contributed by atoms with van der Waals surface area (Å²) in [6.45, 7) is 1.88. The van der Waals surface area contributed by atoms with E-state index in [0.29, 0.717) is 17.5 Å². The van der Waals surface area contributed by atoms with Gasteiger partial charge in [0.1, 0.15) is 0 Å². The predicted molar refractivity (Wildman–Crippen MR) is 85.6 cm³/mol. The number of hydrogen-bond donors (Lipinski definition) is 0. The van der Waals surface area contributed by atoms with E-state index >= 15 is 0 Å². The molecule has 0 spiro atoms. The van der Waals surface area contributed by atoms with Crippen molar-refractivity contribution in [1.29, 1.82) is 0 Å². The quantitative estimate of drug-likeness (QED) is 0.726. The van der Waals surface area contributed by atoms with Crippen LogP contribution in [0.15, 0.2) is 60.7 Å². The zero-order chi connectivity index (χ0) is 15.9. The summed E-state index contributed by atoms with van der Waals surface area (Å²) >= 11 is 0. The third-order valence-electron chi connectivity index (χ3n) is 3.58. The minimum absolute atomic E-state index is 0.0933. The van der Waals surface area contributed by atoms with Crippen LogP contribution < -0.4 is 0 Å². The van der Waals surface area contributed by atoms with Crippen LogP contribution in [-0.4, -0.2) is 18.7 Å². The second-order valence-electron chi connectivity index (χ2n) is 4.95. The van der Waals surface area contributed by atoms with Crippen molar-refractivity contribution in [3.8, 4) is 0 Å². The average molecular weight is 295 g/mol. The Labute approximate surface area is 130 Å². The van der Waals surface area contributed by atoms with Crippen molar-refractivity contribution >= 4 is 11.6 Å². The van der Waals surface area contributed by atoms with E-state index in [1.807, 2.05) is 31.2 Å². The highest BCUT2D eigenvalue weighted by atomic mass is 16.5. The fourth-order valence-corrected chi connectivity index (χ4v) is 2.42. The smallest absolute Gasteiger partial charge is 0.198 e. The fraction of sp³-hybridized carbons (Fsp3) is 0.211. The van der Waals surface area contributed by atoms with Gasteiger partial charge in [-0.15, -0.1) is 0 Å². The standard InChI is InChI=1S/C19H19O3/c1-3-16(17(20)14-10-6-4-7-11-14)19(22-2)18(21)15-12-8-5-9-13-15/h4-13,16H,3H2,1-2H3. The van der Waals surface area contributed by atoms with Gasteiger partial charge in [0, 0.05) is 18.2 Å². The van der Waals surface area contributed by atoms with Crippen molar-refractivity contribution in [3.63, 3.8) is 0 Å². The average Bonchev–Trinajstić information content (AvgIpc) is 2.60. The van der Waals surface area contributed by atoms with Crippen LogP contribution in [0.2, 0.25) is 0 Å². The summed E-state index contributed by atoms with van der Waals surface area (Å²) in [5.41, 5.74) is 1.11. The lowest BCUT2D eigenvalue weighted by Gasteiger charge is -2.21. The van der Waals surface area contributed by atoms with E-state index in [-0.39, 0.29) is 17.7 Å². The Morgan fingerprint density at radius 1 is 0.909 bits per heavy atom. The number of rotatable bonds is 7. The van der Waals surface area contributed by atoms with E-state index in [0.717, 1.165) is 0 Å². The summed E-state index contributed by atoms with van der Waals surface area (Å²) in [6, 6.07) is 17.9. The van der Waals surface area contributed by atoms with Crippen LogP contribution >= 0.6 is 0 Å². The normalized spacial score (nSPS) is 12.1. The van der Waals surface area contributed by atoms with Crippen molar-refractivity contribution in [3.05, 3.63) is 77.9 Å². The highest BCUT2D eigenvalue weighted by Crippen LogP contribution is 2.27. The molecule has 0 aliphatic rings. The molecule has 3 nitrogen and oxygen atoms in total. The number of methoxy groups -OCH3 is 1. The molecule has 3 heteroatoms. The number of ether oxygens (including phenoxy) is 1. The molecule has 0 aromatic heterocycles. The molecule has 0 saturated carbocycles. The Hall–Kier alpha value is -2.26. The first kappa shape index (κ1) is 16.1. The van der Waals surface area contributed by atoms with E-state index in [1.165, 1.54) is 7.11 Å². The maximum absolute atomic E-state index is 12.7. The Balaban J connectivity index is 2.27. The predicted octanol–water partition coefficient (Wildman–Crippen LogP) is 3.96. The van der Waals surface area contributed by atoms with Gasteiger partial charge in [0.05, 0.1) is 5.92 Å². The van der Waals surface area contributed by atoms with Crippen molar-refractivity contribution < 1.29 is 14.3 Å². The van der Waals surface area contributed by atoms with Gasteiger partial charge in [-0.25, -0.2) is 0 Å². The van der Waals surface area contributed by atoms with Gasteiger partial charge in [0.2, 0.25) is 0 Å². The van der Waals surface area contributed by atoms with Gasteiger partial charge >= 0.3 is 0 Å². The number of benzene rings is 2. The number of hydrogen-bond acceptors (Lipinski definition) is 3. The Bertz CT molecular complexity index is 562. The van der Waals surface area contributed by atoms with Crippen LogP contribution in [0.1, 0.15) is 34.1 Å². The lowest BCUT2D eigenvalue weighted by Crippen LogP contribution is -2.29. The van der Waals surface area contributed by atoms with Crippen LogP contribution in [0.25, 0.3) is 0 Å². The molecule has 1 unspecified atom stereocenters. The summed E-state index contributed by atoms with van der Waals surface area (Å²) < 4.78 is 5.31. The molecule has 0 aliphatic heterocycles. The van der Waals surface area contributed by atoms with Gasteiger partial charge in [-0.3, -0.25) is 9.59 Å². The van der Waals surface area contributed by atoms with Crippen LogP contribution in [-0.2, 0) is 4.74 Å². The number of carbonyl (C=O) groups is 2. The van der Waals surface area contributed by atoms with Crippen LogP contribution in [0.4, 0.5) is 0 Å². The summed E-state index contributed by atoms with van der Waals surface area (Å²) in [6.07, 6.45) is 0.706. The van der Waals surface area contributed by atoms with Gasteiger partial charge in [-0.05, 0) is 6.42 Å². The lowest BCUT2D eigenvalue weighted by atomic mass is 9.86. The highest BCUT2D eigenvalue weighted by molar-refractivity contribution is 6.10. The molecular weight excluding hydrogens is 276 g/mol. The van der Waals surface area contributed by atoms with E-state index in [9.17, 15) is 9.59 Å². The van der Waals surface area contributed by atoms with E-state index in [2.05, 4.69) is 0 Å². The van der Waals surface area contributed by atoms with Gasteiger partial charge in [-0.2, -0.15) is 0 Å². The number of Topliss-reactive ketones (excluding diaryl/α,β-unsaturated/α-hetero) is 2. The third kappa shape index (κ3) is 3.49. The molecule has 0 saturated heterocycles. The molecule has 0 heterocycles. The van der Waals surface area contributed by atoms with E-state index in [4.69, 9.17) is 4.74 Å². The summed E-state index contributed by atoms with van der Waals surface area (Å²) in [7, 11) is 1.44. The van der Waals surface area contributed by atoms with E-state index in [1.54, 1.807) is 36.4 Å². The fourth-order valence-electron chi connectivity index (χ4n) is 2.42. The Kier molecular flexibility index (Phi) is 5.61. The largest absolute Gasteiger partial charge is 0.366 e. The minimum Gasteiger partial charge on any atom is -0.366 e. The van der Waals surface area contributed by atoms with Crippen LogP contribution in [0.3, 0.4) is 0 Å². The Morgan fingerprint density at radius 3 is 1.86 bits per heavy atom. The minimum atomic E-state index is -0.569. The zero-order valence-electron chi connectivity index (χ0n) is 12.8. The first-order valence-electron chi connectivity index (χ1n) is 7.28. The molecule has 1 radical (unpaired) electrons. The lowest BCUT2D eigenvalue weighted by molar-refractivity contribution is 0.0676. The molecule has 113 valence electrons. The number of ketones is 2. The van der Waals surface area contributed by atoms with Crippen molar-refractivity contribution in [2.24, 2.45) is 5.92 Å². The summed E-state index contributed by atoms with van der Waals surface area (Å²) in [4.78, 5) is 25.3. The summed E-state index contributed by atoms with van der Waals surface area (Å²) in [5, 5.41) is 0. The third-order valence-corrected chi connectivity index (χ3v) is 3.58. The summed E-state index contributed by atoms with van der Waals surface area (Å²) in [5.74, 6) is -0.899. The Morgan fingerprint density at radius 2 is 1.41 bits per heavy atom. The molecule has 2 aromatic rings. The monoisotopic (exact) mass is 295 g/mol. The maximum Gasteiger partial charge on any atom is 0.198 e.